The molecule has 1 fully saturated rings. The van der Waals surface area contributed by atoms with Crippen LogP contribution in [-0.2, 0) is 0 Å². The molecule has 1 aromatic heterocycles. The van der Waals surface area contributed by atoms with Crippen LogP contribution in [0.5, 0.6) is 0 Å². The molecule has 3 rings (SSSR count). The predicted molar refractivity (Wildman–Crippen MR) is 84.7 cm³/mol. The SMILES string of the molecule is CC1(C)CCC(CN)C(c2cccc3ncccc23)C1. The van der Waals surface area contributed by atoms with Crippen molar-refractivity contribution >= 4 is 10.9 Å². The highest BCUT2D eigenvalue weighted by Crippen LogP contribution is 2.47. The van der Waals surface area contributed by atoms with E-state index in [1.165, 1.54) is 30.2 Å². The Kier molecular flexibility index (Phi) is 3.51. The first-order valence-electron chi connectivity index (χ1n) is 7.64. The largest absolute Gasteiger partial charge is 0.330 e. The Morgan fingerprint density at radius 1 is 1.25 bits per heavy atom. The van der Waals surface area contributed by atoms with E-state index < -0.39 is 0 Å². The van der Waals surface area contributed by atoms with Crippen LogP contribution < -0.4 is 5.73 Å². The maximum atomic E-state index is 6.05. The van der Waals surface area contributed by atoms with E-state index in [1.54, 1.807) is 0 Å². The summed E-state index contributed by atoms with van der Waals surface area (Å²) < 4.78 is 0. The van der Waals surface area contributed by atoms with Gasteiger partial charge in [0.2, 0.25) is 0 Å². The summed E-state index contributed by atoms with van der Waals surface area (Å²) in [5, 5.41) is 1.30. The molecule has 2 nitrogen and oxygen atoms in total. The molecular weight excluding hydrogens is 244 g/mol. The van der Waals surface area contributed by atoms with Crippen molar-refractivity contribution in [2.24, 2.45) is 17.1 Å². The molecule has 0 amide bonds. The number of nitrogens with two attached hydrogens (primary N) is 1. The number of hydrogen-bond donors (Lipinski definition) is 1. The fourth-order valence-corrected chi connectivity index (χ4v) is 3.74. The molecule has 1 aromatic carbocycles. The van der Waals surface area contributed by atoms with Gasteiger partial charge < -0.3 is 5.73 Å². The predicted octanol–water partition coefficient (Wildman–Crippen LogP) is 4.10. The second-order valence-electron chi connectivity index (χ2n) is 6.93. The van der Waals surface area contributed by atoms with Crippen LogP contribution >= 0.6 is 0 Å². The zero-order chi connectivity index (χ0) is 14.2. The van der Waals surface area contributed by atoms with Crippen molar-refractivity contribution in [3.63, 3.8) is 0 Å². The summed E-state index contributed by atoms with van der Waals surface area (Å²) in [5.74, 6) is 1.17. The maximum absolute atomic E-state index is 6.05. The molecule has 1 aliphatic rings. The first-order valence-corrected chi connectivity index (χ1v) is 7.64. The smallest absolute Gasteiger partial charge is 0.0704 e. The van der Waals surface area contributed by atoms with Gasteiger partial charge in [-0.15, -0.1) is 0 Å². The van der Waals surface area contributed by atoms with Gasteiger partial charge in [0.25, 0.3) is 0 Å². The number of fused-ring (bicyclic) bond motifs is 1. The molecular formula is C18H24N2. The Labute approximate surface area is 121 Å². The Morgan fingerprint density at radius 3 is 2.90 bits per heavy atom. The minimum absolute atomic E-state index is 0.417. The molecule has 2 atom stereocenters. The number of aromatic nitrogens is 1. The molecule has 2 N–H and O–H groups in total. The van der Waals surface area contributed by atoms with E-state index in [-0.39, 0.29) is 0 Å². The topological polar surface area (TPSA) is 38.9 Å². The van der Waals surface area contributed by atoms with Crippen molar-refractivity contribution in [1.29, 1.82) is 0 Å². The molecule has 1 aliphatic carbocycles. The van der Waals surface area contributed by atoms with E-state index >= 15 is 0 Å². The maximum Gasteiger partial charge on any atom is 0.0704 e. The van der Waals surface area contributed by atoms with Gasteiger partial charge in [0.15, 0.2) is 0 Å². The van der Waals surface area contributed by atoms with Crippen LogP contribution in [0.4, 0.5) is 0 Å². The number of rotatable bonds is 2. The Morgan fingerprint density at radius 2 is 2.10 bits per heavy atom. The van der Waals surface area contributed by atoms with E-state index in [1.807, 2.05) is 12.3 Å². The summed E-state index contributed by atoms with van der Waals surface area (Å²) in [6, 6.07) is 10.8. The Bertz CT molecular complexity index is 598. The summed E-state index contributed by atoms with van der Waals surface area (Å²) >= 11 is 0. The van der Waals surface area contributed by atoms with Gasteiger partial charge in [0.05, 0.1) is 5.52 Å². The molecule has 0 bridgehead atoms. The van der Waals surface area contributed by atoms with Gasteiger partial charge in [-0.25, -0.2) is 0 Å². The molecule has 1 saturated carbocycles. The standard InChI is InChI=1S/C18H24N2/c1-18(2)9-8-13(12-19)16(11-18)14-5-3-7-17-15(14)6-4-10-20-17/h3-7,10,13,16H,8-9,11-12,19H2,1-2H3. The molecule has 2 heteroatoms. The molecule has 106 valence electrons. The van der Waals surface area contributed by atoms with Gasteiger partial charge in [0, 0.05) is 11.6 Å². The zero-order valence-electron chi connectivity index (χ0n) is 12.5. The summed E-state index contributed by atoms with van der Waals surface area (Å²) in [6.07, 6.45) is 5.62. The molecule has 1 heterocycles. The van der Waals surface area contributed by atoms with Crippen LogP contribution in [0, 0.1) is 11.3 Å². The summed E-state index contributed by atoms with van der Waals surface area (Å²) in [4.78, 5) is 4.49. The highest BCUT2D eigenvalue weighted by molar-refractivity contribution is 5.82. The molecule has 2 aromatic rings. The third-order valence-corrected chi connectivity index (χ3v) is 4.92. The average molecular weight is 268 g/mol. The normalized spacial score (nSPS) is 25.8. The minimum Gasteiger partial charge on any atom is -0.330 e. The van der Waals surface area contributed by atoms with Crippen LogP contribution in [-0.4, -0.2) is 11.5 Å². The van der Waals surface area contributed by atoms with E-state index in [4.69, 9.17) is 5.73 Å². The Balaban J connectivity index is 2.07. The lowest BCUT2D eigenvalue weighted by Gasteiger charge is -2.41. The fourth-order valence-electron chi connectivity index (χ4n) is 3.74. The van der Waals surface area contributed by atoms with Gasteiger partial charge in [-0.2, -0.15) is 0 Å². The monoisotopic (exact) mass is 268 g/mol. The lowest BCUT2D eigenvalue weighted by molar-refractivity contribution is 0.166. The van der Waals surface area contributed by atoms with Crippen molar-refractivity contribution in [2.75, 3.05) is 6.54 Å². The number of hydrogen-bond acceptors (Lipinski definition) is 2. The molecule has 0 saturated heterocycles. The van der Waals surface area contributed by atoms with E-state index in [9.17, 15) is 0 Å². The fraction of sp³-hybridized carbons (Fsp3) is 0.500. The zero-order valence-corrected chi connectivity index (χ0v) is 12.5. The number of nitrogens with zero attached hydrogens (tertiary/aromatic N) is 1. The van der Waals surface area contributed by atoms with Crippen LogP contribution in [0.25, 0.3) is 10.9 Å². The Hall–Kier alpha value is -1.41. The first kappa shape index (κ1) is 13.6. The van der Waals surface area contributed by atoms with Gasteiger partial charge in [-0.1, -0.05) is 32.0 Å². The number of pyridine rings is 1. The third-order valence-electron chi connectivity index (χ3n) is 4.92. The highest BCUT2D eigenvalue weighted by Gasteiger charge is 2.35. The van der Waals surface area contributed by atoms with Crippen LogP contribution in [0.2, 0.25) is 0 Å². The van der Waals surface area contributed by atoms with E-state index in [0.717, 1.165) is 12.1 Å². The van der Waals surface area contributed by atoms with Crippen molar-refractivity contribution in [1.82, 2.24) is 4.98 Å². The second-order valence-corrected chi connectivity index (χ2v) is 6.93. The molecule has 0 spiro atoms. The van der Waals surface area contributed by atoms with Crippen molar-refractivity contribution in [3.8, 4) is 0 Å². The molecule has 0 radical (unpaired) electrons. The van der Waals surface area contributed by atoms with Gasteiger partial charge >= 0.3 is 0 Å². The van der Waals surface area contributed by atoms with Crippen LogP contribution in [0.15, 0.2) is 36.5 Å². The van der Waals surface area contributed by atoms with Gasteiger partial charge in [-0.05, 0) is 60.8 Å². The van der Waals surface area contributed by atoms with Gasteiger partial charge in [-0.3, -0.25) is 4.98 Å². The summed E-state index contributed by atoms with van der Waals surface area (Å²) in [6.45, 7) is 5.56. The van der Waals surface area contributed by atoms with Crippen molar-refractivity contribution < 1.29 is 0 Å². The van der Waals surface area contributed by atoms with Crippen molar-refractivity contribution in [2.45, 2.75) is 39.0 Å². The van der Waals surface area contributed by atoms with Crippen LogP contribution in [0.3, 0.4) is 0 Å². The van der Waals surface area contributed by atoms with E-state index in [0.29, 0.717) is 17.3 Å². The molecule has 20 heavy (non-hydrogen) atoms. The second kappa shape index (κ2) is 5.17. The average Bonchev–Trinajstić information content (AvgIpc) is 2.46. The van der Waals surface area contributed by atoms with Gasteiger partial charge in [0.1, 0.15) is 0 Å². The highest BCUT2D eigenvalue weighted by atomic mass is 14.6. The quantitative estimate of drug-likeness (QED) is 0.890. The molecule has 2 unspecified atom stereocenters. The number of benzene rings is 1. The summed E-state index contributed by atoms with van der Waals surface area (Å²) in [5.41, 5.74) is 9.01. The first-order chi connectivity index (χ1) is 9.61. The van der Waals surface area contributed by atoms with Crippen molar-refractivity contribution in [3.05, 3.63) is 42.1 Å². The van der Waals surface area contributed by atoms with Crippen LogP contribution in [0.1, 0.15) is 44.6 Å². The van der Waals surface area contributed by atoms with E-state index in [2.05, 4.69) is 43.1 Å². The lowest BCUT2D eigenvalue weighted by atomic mass is 9.65. The molecule has 0 aliphatic heterocycles. The lowest BCUT2D eigenvalue weighted by Crippen LogP contribution is -2.32. The minimum atomic E-state index is 0.417. The summed E-state index contributed by atoms with van der Waals surface area (Å²) in [7, 11) is 0. The third kappa shape index (κ3) is 2.45.